The number of rotatable bonds is 5. The molecule has 3 N–H and O–H groups in total. The van der Waals surface area contributed by atoms with Crippen LogP contribution in [0.2, 0.25) is 5.02 Å². The SMILES string of the molecule is CNCCCN1Cc2ccccc2N(c2ccc(Cl)cc2)S1(O)O.Cl. The number of benzene rings is 2. The monoisotopic (exact) mass is 403 g/mol. The molecule has 0 aliphatic carbocycles. The molecule has 1 aliphatic rings. The Kier molecular flexibility index (Phi) is 6.99. The highest BCUT2D eigenvalue weighted by molar-refractivity contribution is 8.23. The van der Waals surface area contributed by atoms with E-state index in [0.717, 1.165) is 24.2 Å². The van der Waals surface area contributed by atoms with Crippen LogP contribution < -0.4 is 9.62 Å². The minimum absolute atomic E-state index is 0. The Bertz CT molecular complexity index is 701. The molecule has 3 rings (SSSR count). The molecule has 0 fully saturated rings. The molecule has 0 atom stereocenters. The van der Waals surface area contributed by atoms with Crippen LogP contribution in [0.4, 0.5) is 11.4 Å². The summed E-state index contributed by atoms with van der Waals surface area (Å²) < 4.78 is 25.4. The van der Waals surface area contributed by atoms with E-state index in [0.29, 0.717) is 23.8 Å². The van der Waals surface area contributed by atoms with Gasteiger partial charge in [-0.25, -0.2) is 4.31 Å². The van der Waals surface area contributed by atoms with E-state index in [1.54, 1.807) is 20.7 Å². The second kappa shape index (κ2) is 8.60. The van der Waals surface area contributed by atoms with Gasteiger partial charge >= 0.3 is 0 Å². The van der Waals surface area contributed by atoms with Gasteiger partial charge in [-0.2, -0.15) is 4.31 Å². The summed E-state index contributed by atoms with van der Waals surface area (Å²) in [5, 5.41) is 3.71. The first-order chi connectivity index (χ1) is 11.5. The fourth-order valence-electron chi connectivity index (χ4n) is 2.86. The van der Waals surface area contributed by atoms with Gasteiger partial charge in [0.25, 0.3) is 0 Å². The number of hydrogen-bond acceptors (Lipinski definition) is 5. The molecule has 0 aromatic heterocycles. The molecule has 138 valence electrons. The van der Waals surface area contributed by atoms with Gasteiger partial charge in [0.05, 0.1) is 11.4 Å². The van der Waals surface area contributed by atoms with E-state index in [2.05, 4.69) is 5.32 Å². The topological polar surface area (TPSA) is 59.0 Å². The van der Waals surface area contributed by atoms with Crippen LogP contribution in [-0.2, 0) is 6.54 Å². The van der Waals surface area contributed by atoms with Crippen molar-refractivity contribution >= 4 is 46.3 Å². The number of fused-ring (bicyclic) bond motifs is 1. The second-order valence-corrected chi connectivity index (χ2v) is 8.01. The third kappa shape index (κ3) is 4.23. The lowest BCUT2D eigenvalue weighted by Gasteiger charge is -2.54. The standard InChI is InChI=1S/C17H22ClN3O2S.ClH/c1-19-11-4-12-20-13-14-5-2-3-6-17(14)21(24(20,22)23)16-9-7-15(18)8-10-16;/h2-3,5-10,19,22-23H,4,11-13H2,1H3;1H. The van der Waals surface area contributed by atoms with Crippen LogP contribution in [0.25, 0.3) is 0 Å². The summed E-state index contributed by atoms with van der Waals surface area (Å²) in [5.41, 5.74) is 2.61. The molecule has 5 nitrogen and oxygen atoms in total. The molecule has 8 heteroatoms. The van der Waals surface area contributed by atoms with Crippen LogP contribution in [0.3, 0.4) is 0 Å². The Balaban J connectivity index is 0.00000225. The van der Waals surface area contributed by atoms with Gasteiger partial charge < -0.3 is 5.32 Å². The summed E-state index contributed by atoms with van der Waals surface area (Å²) in [5.74, 6) is 0. The van der Waals surface area contributed by atoms with Crippen molar-refractivity contribution in [1.29, 1.82) is 0 Å². The first-order valence-corrected chi connectivity index (χ1v) is 9.69. The van der Waals surface area contributed by atoms with E-state index in [4.69, 9.17) is 11.6 Å². The zero-order chi connectivity index (χ0) is 17.2. The van der Waals surface area contributed by atoms with E-state index in [1.807, 2.05) is 43.4 Å². The average Bonchev–Trinajstić information content (AvgIpc) is 2.56. The van der Waals surface area contributed by atoms with Crippen LogP contribution in [0.5, 0.6) is 0 Å². The maximum atomic E-state index is 11.0. The number of nitrogens with zero attached hydrogens (tertiary/aromatic N) is 2. The quantitative estimate of drug-likeness (QED) is 0.619. The predicted octanol–water partition coefficient (Wildman–Crippen LogP) is 4.91. The van der Waals surface area contributed by atoms with Crippen LogP contribution in [0.1, 0.15) is 12.0 Å². The van der Waals surface area contributed by atoms with Crippen molar-refractivity contribution in [3.63, 3.8) is 0 Å². The molecule has 25 heavy (non-hydrogen) atoms. The van der Waals surface area contributed by atoms with Crippen LogP contribution in [0.15, 0.2) is 48.5 Å². The average molecular weight is 404 g/mol. The zero-order valence-corrected chi connectivity index (χ0v) is 16.3. The zero-order valence-electron chi connectivity index (χ0n) is 13.9. The largest absolute Gasteiger partial charge is 0.320 e. The number of para-hydroxylation sites is 1. The summed E-state index contributed by atoms with van der Waals surface area (Å²) in [6, 6.07) is 15.0. The third-order valence-corrected chi connectivity index (χ3v) is 6.20. The lowest BCUT2D eigenvalue weighted by Crippen LogP contribution is -2.42. The number of hydrogen-bond donors (Lipinski definition) is 3. The molecule has 2 aromatic rings. The van der Waals surface area contributed by atoms with Crippen molar-refractivity contribution in [3.05, 3.63) is 59.1 Å². The lowest BCUT2D eigenvalue weighted by atomic mass is 10.1. The minimum atomic E-state index is -3.13. The summed E-state index contributed by atoms with van der Waals surface area (Å²) >= 11 is 5.98. The number of anilines is 2. The number of nitrogens with one attached hydrogen (secondary N) is 1. The van der Waals surface area contributed by atoms with Gasteiger partial charge in [0.1, 0.15) is 0 Å². The van der Waals surface area contributed by atoms with Crippen molar-refractivity contribution < 1.29 is 9.11 Å². The molecule has 0 radical (unpaired) electrons. The van der Waals surface area contributed by atoms with Gasteiger partial charge in [-0.3, -0.25) is 9.11 Å². The van der Waals surface area contributed by atoms with E-state index >= 15 is 0 Å². The molecule has 1 aliphatic heterocycles. The first kappa shape index (κ1) is 20.3. The molecule has 0 saturated carbocycles. The molecule has 0 bridgehead atoms. The third-order valence-electron chi connectivity index (χ3n) is 4.04. The van der Waals surface area contributed by atoms with Crippen LogP contribution in [0, 0.1) is 0 Å². The first-order valence-electron chi connectivity index (χ1n) is 7.85. The van der Waals surface area contributed by atoms with E-state index in [1.165, 1.54) is 0 Å². The summed E-state index contributed by atoms with van der Waals surface area (Å²) in [6.45, 7) is 1.95. The minimum Gasteiger partial charge on any atom is -0.320 e. The molecule has 2 aromatic carbocycles. The molecular formula is C17H23Cl2N3O2S. The van der Waals surface area contributed by atoms with Gasteiger partial charge in [0, 0.05) is 18.1 Å². The van der Waals surface area contributed by atoms with Crippen molar-refractivity contribution in [3.8, 4) is 0 Å². The highest BCUT2D eigenvalue weighted by Crippen LogP contribution is 2.58. The Morgan fingerprint density at radius 1 is 1.12 bits per heavy atom. The molecule has 0 saturated heterocycles. The molecular weight excluding hydrogens is 381 g/mol. The maximum absolute atomic E-state index is 11.0. The Labute approximate surface area is 161 Å². The fourth-order valence-corrected chi connectivity index (χ4v) is 4.75. The maximum Gasteiger partial charge on any atom is 0.0686 e. The van der Waals surface area contributed by atoms with E-state index in [-0.39, 0.29) is 12.4 Å². The van der Waals surface area contributed by atoms with Gasteiger partial charge in [-0.1, -0.05) is 29.8 Å². The Morgan fingerprint density at radius 2 is 1.80 bits per heavy atom. The van der Waals surface area contributed by atoms with Crippen molar-refractivity contribution in [1.82, 2.24) is 9.62 Å². The summed E-state index contributed by atoms with van der Waals surface area (Å²) in [6.07, 6.45) is 0.836. The fraction of sp³-hybridized carbons (Fsp3) is 0.294. The smallest absolute Gasteiger partial charge is 0.0686 e. The second-order valence-electron chi connectivity index (χ2n) is 5.71. The molecule has 0 spiro atoms. The lowest BCUT2D eigenvalue weighted by molar-refractivity contribution is 0.331. The summed E-state index contributed by atoms with van der Waals surface area (Å²) in [7, 11) is -1.24. The van der Waals surface area contributed by atoms with Gasteiger partial charge in [0.2, 0.25) is 0 Å². The number of halogens is 2. The Hall–Kier alpha value is -0.990. The molecule has 1 heterocycles. The van der Waals surface area contributed by atoms with Crippen molar-refractivity contribution in [2.45, 2.75) is 13.0 Å². The Morgan fingerprint density at radius 3 is 2.48 bits per heavy atom. The highest BCUT2D eigenvalue weighted by atomic mass is 35.5. The van der Waals surface area contributed by atoms with Crippen molar-refractivity contribution in [2.75, 3.05) is 24.4 Å². The molecule has 0 unspecified atom stereocenters. The van der Waals surface area contributed by atoms with E-state index in [9.17, 15) is 9.11 Å². The normalized spacial score (nSPS) is 17.5. The predicted molar refractivity (Wildman–Crippen MR) is 109 cm³/mol. The molecule has 0 amide bonds. The van der Waals surface area contributed by atoms with Crippen molar-refractivity contribution in [2.24, 2.45) is 0 Å². The van der Waals surface area contributed by atoms with Crippen LogP contribution >= 0.6 is 35.0 Å². The highest BCUT2D eigenvalue weighted by Gasteiger charge is 2.37. The van der Waals surface area contributed by atoms with Gasteiger partial charge in [-0.05, 0) is 66.9 Å². The van der Waals surface area contributed by atoms with Gasteiger partial charge in [0.15, 0.2) is 0 Å². The van der Waals surface area contributed by atoms with Gasteiger partial charge in [-0.15, -0.1) is 12.4 Å². The van der Waals surface area contributed by atoms with E-state index < -0.39 is 11.0 Å². The summed E-state index contributed by atoms with van der Waals surface area (Å²) in [4.78, 5) is 0. The van der Waals surface area contributed by atoms with Crippen LogP contribution in [-0.4, -0.2) is 33.5 Å².